The van der Waals surface area contributed by atoms with Crippen molar-refractivity contribution in [3.8, 4) is 0 Å². The lowest BCUT2D eigenvalue weighted by Crippen LogP contribution is -2.42. The summed E-state index contributed by atoms with van der Waals surface area (Å²) in [6, 6.07) is 15.5. The quantitative estimate of drug-likeness (QED) is 0.245. The molecule has 9 nitrogen and oxygen atoms in total. The zero-order valence-corrected chi connectivity index (χ0v) is 14.2. The molecule has 0 atom stereocenters. The predicted molar refractivity (Wildman–Crippen MR) is 103 cm³/mol. The van der Waals surface area contributed by atoms with Crippen LogP contribution in [0.15, 0.2) is 70.3 Å². The van der Waals surface area contributed by atoms with Crippen molar-refractivity contribution in [1.29, 1.82) is 0 Å². The minimum atomic E-state index is -1.00. The number of amides is 1. The highest BCUT2D eigenvalue weighted by Crippen LogP contribution is 2.26. The van der Waals surface area contributed by atoms with Crippen LogP contribution in [-0.4, -0.2) is 20.5 Å². The Kier molecular flexibility index (Phi) is 3.96. The number of nitro benzene ring substituents is 1. The Morgan fingerprint density at radius 3 is 2.46 bits per heavy atom. The maximum absolute atomic E-state index is 12.5. The molecule has 0 unspecified atom stereocenters. The summed E-state index contributed by atoms with van der Waals surface area (Å²) in [5, 5.41) is 12.1. The van der Waals surface area contributed by atoms with Crippen LogP contribution in [0.1, 0.15) is 10.4 Å². The van der Waals surface area contributed by atoms with Crippen molar-refractivity contribution in [3.05, 3.63) is 97.0 Å². The molecular formula is C19H12N4O5. The first kappa shape index (κ1) is 17.2. The van der Waals surface area contributed by atoms with E-state index in [-0.39, 0.29) is 22.3 Å². The van der Waals surface area contributed by atoms with Crippen molar-refractivity contribution in [1.82, 2.24) is 9.66 Å². The second-order valence-electron chi connectivity index (χ2n) is 6.03. The van der Waals surface area contributed by atoms with Gasteiger partial charge in [-0.25, -0.2) is 4.68 Å². The number of hydrogen-bond donors (Lipinski definition) is 2. The number of non-ortho nitro benzene ring substituents is 1. The molecule has 28 heavy (non-hydrogen) atoms. The van der Waals surface area contributed by atoms with Gasteiger partial charge in [0.25, 0.3) is 11.6 Å². The van der Waals surface area contributed by atoms with Gasteiger partial charge in [0.2, 0.25) is 0 Å². The molecule has 2 N–H and O–H groups in total. The molecule has 1 aromatic heterocycles. The van der Waals surface area contributed by atoms with E-state index in [1.807, 2.05) is 0 Å². The second-order valence-corrected chi connectivity index (χ2v) is 6.03. The largest absolute Gasteiger partial charge is 0.335 e. The van der Waals surface area contributed by atoms with Crippen molar-refractivity contribution in [2.75, 3.05) is 5.43 Å². The third-order valence-corrected chi connectivity index (χ3v) is 4.31. The lowest BCUT2D eigenvalue weighted by atomic mass is 10.1. The van der Waals surface area contributed by atoms with E-state index in [1.165, 1.54) is 18.2 Å². The lowest BCUT2D eigenvalue weighted by molar-refractivity contribution is -0.384. The van der Waals surface area contributed by atoms with E-state index in [9.17, 15) is 24.5 Å². The van der Waals surface area contributed by atoms with Crippen LogP contribution >= 0.6 is 0 Å². The van der Waals surface area contributed by atoms with Crippen molar-refractivity contribution in [2.24, 2.45) is 0 Å². The predicted octanol–water partition coefficient (Wildman–Crippen LogP) is 2.14. The maximum atomic E-state index is 12.5. The zero-order valence-electron chi connectivity index (χ0n) is 14.2. The van der Waals surface area contributed by atoms with Crippen LogP contribution < -0.4 is 16.5 Å². The zero-order chi connectivity index (χ0) is 19.8. The maximum Gasteiger partial charge on any atom is 0.335 e. The number of nitrogens with zero attached hydrogens (tertiary/aromatic N) is 2. The molecule has 4 aromatic rings. The van der Waals surface area contributed by atoms with Gasteiger partial charge in [0, 0.05) is 23.1 Å². The first-order valence-electron chi connectivity index (χ1n) is 8.18. The van der Waals surface area contributed by atoms with Crippen LogP contribution in [0.3, 0.4) is 0 Å². The molecule has 0 bridgehead atoms. The highest BCUT2D eigenvalue weighted by Gasteiger charge is 2.16. The third kappa shape index (κ3) is 2.80. The van der Waals surface area contributed by atoms with E-state index >= 15 is 0 Å². The monoisotopic (exact) mass is 376 g/mol. The van der Waals surface area contributed by atoms with Crippen LogP contribution in [-0.2, 0) is 0 Å². The first-order valence-corrected chi connectivity index (χ1v) is 8.18. The number of hydrogen-bond acceptors (Lipinski definition) is 5. The van der Waals surface area contributed by atoms with Crippen LogP contribution in [0.4, 0.5) is 5.69 Å². The van der Waals surface area contributed by atoms with Crippen molar-refractivity contribution in [3.63, 3.8) is 0 Å². The van der Waals surface area contributed by atoms with Gasteiger partial charge in [0.15, 0.2) is 0 Å². The summed E-state index contributed by atoms with van der Waals surface area (Å²) in [5.41, 5.74) is 1.02. The number of carbonyl (C=O) groups excluding carboxylic acids is 1. The number of nitro groups is 1. The topological polar surface area (TPSA) is 127 Å². The van der Waals surface area contributed by atoms with Crippen LogP contribution in [0.2, 0.25) is 0 Å². The van der Waals surface area contributed by atoms with E-state index < -0.39 is 21.9 Å². The number of aromatic nitrogens is 2. The normalized spacial score (nSPS) is 10.9. The fourth-order valence-corrected chi connectivity index (χ4v) is 2.99. The number of aromatic amines is 1. The summed E-state index contributed by atoms with van der Waals surface area (Å²) in [4.78, 5) is 50.1. The van der Waals surface area contributed by atoms with Crippen LogP contribution in [0.5, 0.6) is 0 Å². The van der Waals surface area contributed by atoms with Gasteiger partial charge in [-0.1, -0.05) is 24.3 Å². The number of fused-ring (bicyclic) bond motifs is 3. The van der Waals surface area contributed by atoms with Crippen LogP contribution in [0, 0.1) is 10.1 Å². The molecule has 0 radical (unpaired) electrons. The molecule has 0 spiro atoms. The Hall–Kier alpha value is -4.27. The number of benzene rings is 3. The summed E-state index contributed by atoms with van der Waals surface area (Å²) in [5.74, 6) is -0.600. The lowest BCUT2D eigenvalue weighted by Gasteiger charge is -2.13. The van der Waals surface area contributed by atoms with Crippen molar-refractivity contribution >= 4 is 33.4 Å². The summed E-state index contributed by atoms with van der Waals surface area (Å²) in [6.45, 7) is 0. The molecule has 138 valence electrons. The van der Waals surface area contributed by atoms with Crippen molar-refractivity contribution in [2.45, 2.75) is 0 Å². The molecule has 1 heterocycles. The molecular weight excluding hydrogens is 364 g/mol. The van der Waals surface area contributed by atoms with E-state index in [0.717, 1.165) is 4.68 Å². The minimum Gasteiger partial charge on any atom is -0.316 e. The van der Waals surface area contributed by atoms with Gasteiger partial charge in [-0.15, -0.1) is 0 Å². The van der Waals surface area contributed by atoms with Gasteiger partial charge in [0.05, 0.1) is 16.0 Å². The molecule has 0 saturated carbocycles. The van der Waals surface area contributed by atoms with E-state index in [1.54, 1.807) is 42.5 Å². The molecule has 0 saturated heterocycles. The van der Waals surface area contributed by atoms with E-state index in [0.29, 0.717) is 10.8 Å². The van der Waals surface area contributed by atoms with E-state index in [2.05, 4.69) is 10.4 Å². The average Bonchev–Trinajstić information content (AvgIpc) is 2.71. The van der Waals surface area contributed by atoms with Gasteiger partial charge < -0.3 is 4.98 Å². The third-order valence-electron chi connectivity index (χ3n) is 4.31. The summed E-state index contributed by atoms with van der Waals surface area (Å²) < 4.78 is 0.829. The summed E-state index contributed by atoms with van der Waals surface area (Å²) in [6.07, 6.45) is 0. The SMILES string of the molecule is O=C(Nn1c(=O)c(=O)[nH]c2ccc3ccc([N+](=O)[O-])cc3c21)c1ccccc1. The minimum absolute atomic E-state index is 0.162. The molecule has 0 aliphatic carbocycles. The molecule has 0 fully saturated rings. The Balaban J connectivity index is 2.03. The Labute approximate surface area is 156 Å². The number of nitrogens with one attached hydrogen (secondary N) is 2. The molecule has 0 aliphatic heterocycles. The second kappa shape index (κ2) is 6.47. The highest BCUT2D eigenvalue weighted by atomic mass is 16.6. The standard InChI is InChI=1S/C19H12N4O5/c24-17(12-4-2-1-3-5-12)21-22-16-14-10-13(23(27)28)8-6-11(14)7-9-15(16)20-18(25)19(22)26/h1-10H,(H,20,25)(H,21,24). The first-order chi connectivity index (χ1) is 13.5. The fraction of sp³-hybridized carbons (Fsp3) is 0. The Morgan fingerprint density at radius 1 is 1.04 bits per heavy atom. The fourth-order valence-electron chi connectivity index (χ4n) is 2.99. The van der Waals surface area contributed by atoms with Gasteiger partial charge >= 0.3 is 11.1 Å². The van der Waals surface area contributed by atoms with Crippen LogP contribution in [0.25, 0.3) is 21.8 Å². The number of carbonyl (C=O) groups is 1. The van der Waals surface area contributed by atoms with E-state index in [4.69, 9.17) is 0 Å². The number of rotatable bonds is 3. The Bertz CT molecular complexity index is 1370. The summed E-state index contributed by atoms with van der Waals surface area (Å²) in [7, 11) is 0. The average molecular weight is 376 g/mol. The Morgan fingerprint density at radius 2 is 1.75 bits per heavy atom. The smallest absolute Gasteiger partial charge is 0.316 e. The molecule has 3 aromatic carbocycles. The van der Waals surface area contributed by atoms with Gasteiger partial charge in [-0.3, -0.25) is 29.9 Å². The molecule has 1 amide bonds. The highest BCUT2D eigenvalue weighted by molar-refractivity contribution is 6.07. The molecule has 4 rings (SSSR count). The van der Waals surface area contributed by atoms with Gasteiger partial charge in [0.1, 0.15) is 0 Å². The number of H-pyrrole nitrogens is 1. The summed E-state index contributed by atoms with van der Waals surface area (Å²) >= 11 is 0. The molecule has 9 heteroatoms. The van der Waals surface area contributed by atoms with Crippen molar-refractivity contribution < 1.29 is 9.72 Å². The van der Waals surface area contributed by atoms with Gasteiger partial charge in [-0.05, 0) is 29.7 Å². The van der Waals surface area contributed by atoms with Gasteiger partial charge in [-0.2, -0.15) is 0 Å². The molecule has 0 aliphatic rings.